The second kappa shape index (κ2) is 29.0. The van der Waals surface area contributed by atoms with E-state index in [0.717, 1.165) is 39.0 Å². The molecular weight excluding hydrogens is 971 g/mol. The maximum Gasteiger partial charge on any atom is 0.0425 e. The van der Waals surface area contributed by atoms with E-state index in [1.165, 1.54) is 168 Å². The topological polar surface area (TPSA) is 16.2 Å². The Morgan fingerprint density at radius 1 is 0.275 bits per heavy atom. The molecule has 0 spiro atoms. The van der Waals surface area contributed by atoms with Gasteiger partial charge in [0, 0.05) is 77.8 Å². The lowest BCUT2D eigenvalue weighted by molar-refractivity contribution is 0.312. The molecule has 5 heteroatoms. The van der Waals surface area contributed by atoms with Crippen molar-refractivity contribution in [2.24, 2.45) is 0 Å². The third kappa shape index (κ3) is 15.8. The highest BCUT2D eigenvalue weighted by Gasteiger charge is 2.19. The SMILES string of the molecule is Cc1cccc2c1CC=CC2.Cc1cccc2c1CCC2.Cc1cccc2c1CCCN2C.Cc1cccc2c1CCN(C)C2.Cc1cccc2c1CN(C)C2.Cc1cccc2c1CN(C)CC2.Cc1cccc2c1N(C)CCC2. The first-order valence-electron chi connectivity index (χ1n) is 30.3. The molecule has 0 fully saturated rings. The lowest BCUT2D eigenvalue weighted by Gasteiger charge is -2.29. The summed E-state index contributed by atoms with van der Waals surface area (Å²) in [5, 5.41) is 0. The molecule has 7 aromatic rings. The van der Waals surface area contributed by atoms with Crippen molar-refractivity contribution >= 4 is 11.4 Å². The van der Waals surface area contributed by atoms with Crippen molar-refractivity contribution in [2.75, 3.05) is 71.2 Å². The van der Waals surface area contributed by atoms with Crippen LogP contribution in [0.25, 0.3) is 0 Å². The van der Waals surface area contributed by atoms with E-state index in [1.54, 1.807) is 33.4 Å². The Hall–Kier alpha value is -6.24. The van der Waals surface area contributed by atoms with Crippen molar-refractivity contribution in [3.8, 4) is 0 Å². The molecule has 5 aliphatic heterocycles. The zero-order valence-corrected chi connectivity index (χ0v) is 51.5. The van der Waals surface area contributed by atoms with Crippen LogP contribution in [0, 0.1) is 48.5 Å². The summed E-state index contributed by atoms with van der Waals surface area (Å²) < 4.78 is 0. The molecule has 422 valence electrons. The molecular formula is C75H97N5. The van der Waals surface area contributed by atoms with Gasteiger partial charge in [0.2, 0.25) is 0 Å². The molecule has 7 aliphatic rings. The van der Waals surface area contributed by atoms with E-state index in [4.69, 9.17) is 0 Å². The number of benzene rings is 7. The lowest BCUT2D eigenvalue weighted by Crippen LogP contribution is -2.27. The average Bonchev–Trinajstić information content (AvgIpc) is 4.13. The fraction of sp³-hybridized carbons (Fsp3) is 0.413. The Morgan fingerprint density at radius 2 is 0.688 bits per heavy atom. The minimum Gasteiger partial charge on any atom is -0.374 e. The Labute approximate surface area is 485 Å². The number of allylic oxidation sites excluding steroid dienone is 2. The molecule has 0 atom stereocenters. The summed E-state index contributed by atoms with van der Waals surface area (Å²) in [7, 11) is 10.9. The van der Waals surface area contributed by atoms with E-state index in [9.17, 15) is 0 Å². The number of likely N-dealkylation sites (N-methyl/N-ethyl adjacent to an activating group) is 2. The van der Waals surface area contributed by atoms with Crippen molar-refractivity contribution in [3.05, 3.63) is 245 Å². The molecule has 0 saturated heterocycles. The molecule has 0 bridgehead atoms. The first-order chi connectivity index (χ1) is 38.6. The molecule has 7 aromatic carbocycles. The molecule has 2 aliphatic carbocycles. The molecule has 0 radical (unpaired) electrons. The zero-order chi connectivity index (χ0) is 56.7. The second-order valence-electron chi connectivity index (χ2n) is 24.1. The van der Waals surface area contributed by atoms with Gasteiger partial charge in [0.05, 0.1) is 0 Å². The fourth-order valence-corrected chi connectivity index (χ4v) is 13.1. The largest absolute Gasteiger partial charge is 0.374 e. The number of hydrogen-bond donors (Lipinski definition) is 0. The molecule has 5 nitrogen and oxygen atoms in total. The molecule has 0 unspecified atom stereocenters. The van der Waals surface area contributed by atoms with Crippen LogP contribution < -0.4 is 9.80 Å². The van der Waals surface area contributed by atoms with E-state index >= 15 is 0 Å². The van der Waals surface area contributed by atoms with E-state index in [1.807, 2.05) is 0 Å². The van der Waals surface area contributed by atoms with Crippen LogP contribution in [-0.2, 0) is 77.5 Å². The molecule has 0 saturated carbocycles. The molecule has 0 N–H and O–H groups in total. The van der Waals surface area contributed by atoms with E-state index in [-0.39, 0.29) is 0 Å². The monoisotopic (exact) mass is 1070 g/mol. The Kier molecular flexibility index (Phi) is 21.7. The van der Waals surface area contributed by atoms with Gasteiger partial charge in [0.25, 0.3) is 0 Å². The Bertz CT molecular complexity index is 3180. The van der Waals surface area contributed by atoms with Crippen LogP contribution in [0.3, 0.4) is 0 Å². The van der Waals surface area contributed by atoms with Crippen molar-refractivity contribution in [1.82, 2.24) is 14.7 Å². The van der Waals surface area contributed by atoms with Crippen LogP contribution in [0.4, 0.5) is 11.4 Å². The van der Waals surface area contributed by atoms with Crippen molar-refractivity contribution in [2.45, 2.75) is 145 Å². The fourth-order valence-electron chi connectivity index (χ4n) is 13.1. The summed E-state index contributed by atoms with van der Waals surface area (Å²) in [5.74, 6) is 0. The molecule has 14 rings (SSSR count). The molecule has 0 amide bonds. The number of rotatable bonds is 0. The first kappa shape index (κ1) is 59.9. The summed E-state index contributed by atoms with van der Waals surface area (Å²) in [6.07, 6.45) is 18.3. The van der Waals surface area contributed by atoms with E-state index in [2.05, 4.69) is 248 Å². The van der Waals surface area contributed by atoms with Gasteiger partial charge in [-0.2, -0.15) is 0 Å². The van der Waals surface area contributed by atoms with Crippen LogP contribution in [0.1, 0.15) is 125 Å². The molecule has 0 aromatic heterocycles. The number of nitrogens with zero attached hydrogens (tertiary/aromatic N) is 5. The third-order valence-electron chi connectivity index (χ3n) is 17.8. The van der Waals surface area contributed by atoms with E-state index < -0.39 is 0 Å². The van der Waals surface area contributed by atoms with Gasteiger partial charge in [-0.05, 0) is 252 Å². The summed E-state index contributed by atoms with van der Waals surface area (Å²) >= 11 is 0. The number of anilines is 2. The van der Waals surface area contributed by atoms with E-state index in [0.29, 0.717) is 0 Å². The summed E-state index contributed by atoms with van der Waals surface area (Å²) in [6, 6.07) is 46.2. The summed E-state index contributed by atoms with van der Waals surface area (Å²) in [5.41, 5.74) is 31.5. The smallest absolute Gasteiger partial charge is 0.0425 e. The maximum atomic E-state index is 2.38. The van der Waals surface area contributed by atoms with Crippen LogP contribution in [-0.4, -0.2) is 76.1 Å². The van der Waals surface area contributed by atoms with Crippen LogP contribution in [0.5, 0.6) is 0 Å². The van der Waals surface area contributed by atoms with Gasteiger partial charge in [-0.25, -0.2) is 0 Å². The normalized spacial score (nSPS) is 16.3. The quantitative estimate of drug-likeness (QED) is 0.140. The van der Waals surface area contributed by atoms with Crippen molar-refractivity contribution in [3.63, 3.8) is 0 Å². The summed E-state index contributed by atoms with van der Waals surface area (Å²) in [6.45, 7) is 24.7. The Morgan fingerprint density at radius 3 is 1.30 bits per heavy atom. The van der Waals surface area contributed by atoms with Gasteiger partial charge >= 0.3 is 0 Å². The van der Waals surface area contributed by atoms with Crippen LogP contribution >= 0.6 is 0 Å². The van der Waals surface area contributed by atoms with Gasteiger partial charge in [0.1, 0.15) is 0 Å². The van der Waals surface area contributed by atoms with Gasteiger partial charge in [-0.1, -0.05) is 133 Å². The van der Waals surface area contributed by atoms with Gasteiger partial charge in [-0.15, -0.1) is 0 Å². The number of fused-ring (bicyclic) bond motifs is 7. The van der Waals surface area contributed by atoms with Crippen molar-refractivity contribution in [1.29, 1.82) is 0 Å². The highest BCUT2D eigenvalue weighted by atomic mass is 15.1. The number of para-hydroxylation sites is 1. The summed E-state index contributed by atoms with van der Waals surface area (Å²) in [4.78, 5) is 11.8. The van der Waals surface area contributed by atoms with Gasteiger partial charge in [0.15, 0.2) is 0 Å². The molecule has 80 heavy (non-hydrogen) atoms. The number of aryl methyl sites for hydroxylation is 9. The van der Waals surface area contributed by atoms with Crippen molar-refractivity contribution < 1.29 is 0 Å². The first-order valence-corrected chi connectivity index (χ1v) is 30.3. The highest BCUT2D eigenvalue weighted by Crippen LogP contribution is 2.31. The van der Waals surface area contributed by atoms with Crippen LogP contribution in [0.2, 0.25) is 0 Å². The van der Waals surface area contributed by atoms with Gasteiger partial charge in [-0.3, -0.25) is 4.90 Å². The predicted octanol–water partition coefficient (Wildman–Crippen LogP) is 15.8. The number of hydrogen-bond acceptors (Lipinski definition) is 5. The zero-order valence-electron chi connectivity index (χ0n) is 51.5. The van der Waals surface area contributed by atoms with Gasteiger partial charge < -0.3 is 19.6 Å². The molecule has 5 heterocycles. The highest BCUT2D eigenvalue weighted by molar-refractivity contribution is 5.60. The Balaban J connectivity index is 0.000000123. The standard InChI is InChI=1S/4C11H15N.C11H12.C10H13N.C10H12/c1-9-5-3-7-11-10(9)6-4-8-12(11)2;1-9-5-3-6-10-7-4-8-12(2)11(9)10;1-9-4-3-5-10-8-12(2)7-6-11(9)10;1-9-4-3-5-10-6-7-12(2)8-11(9)10;1-9-5-4-7-10-6-2-3-8-11(9)10;1-8-4-3-5-9-6-11(2)7-10(8)9;1-8-4-2-5-9-6-3-7-10(8)9/h3,5,7H,4,6,8H2,1-2H3;3,5-6H,4,7-8H2,1-2H3;2*3-5H,6-8H2,1-2H3;2-5,7H,6,8H2,1H3;3-5H,6-7H2,1-2H3;2,4-5H,3,6-7H2,1H3. The van der Waals surface area contributed by atoms with Crippen LogP contribution in [0.15, 0.2) is 140 Å². The maximum absolute atomic E-state index is 2.38. The lowest BCUT2D eigenvalue weighted by atomic mass is 9.93. The average molecular weight is 1070 g/mol. The third-order valence-corrected chi connectivity index (χ3v) is 17.8. The minimum atomic E-state index is 1.12. The minimum absolute atomic E-state index is 1.12. The predicted molar refractivity (Wildman–Crippen MR) is 345 cm³/mol. The second-order valence-corrected chi connectivity index (χ2v) is 24.1.